The molecule has 0 amide bonds. The molecule has 0 aliphatic heterocycles. The summed E-state index contributed by atoms with van der Waals surface area (Å²) in [6.45, 7) is 4.35. The third kappa shape index (κ3) is 15.8. The standard InChI is InChI=1S/C24H44O7/c1-3-5-7-9-11-13-15-17-20(16-14-12-10-8-6-4-2)31-22(27)19-24(30,23(28)29)18-21(25)26/h20,30H,3-19H2,1-2H3,(H,25,26)(H,28,29). The van der Waals surface area contributed by atoms with E-state index in [4.69, 9.17) is 14.9 Å². The Morgan fingerprint density at radius 3 is 1.52 bits per heavy atom. The summed E-state index contributed by atoms with van der Waals surface area (Å²) < 4.78 is 5.50. The number of carboxylic acid groups (broad SMARTS) is 2. The van der Waals surface area contributed by atoms with E-state index in [9.17, 15) is 19.5 Å². The van der Waals surface area contributed by atoms with Crippen LogP contribution >= 0.6 is 0 Å². The third-order valence-electron chi connectivity index (χ3n) is 5.59. The molecule has 0 spiro atoms. The fourth-order valence-corrected chi connectivity index (χ4v) is 3.67. The van der Waals surface area contributed by atoms with Crippen LogP contribution in [-0.4, -0.2) is 44.9 Å². The normalized spacial score (nSPS) is 14.0. The zero-order valence-electron chi connectivity index (χ0n) is 19.6. The van der Waals surface area contributed by atoms with Crippen molar-refractivity contribution in [3.63, 3.8) is 0 Å². The number of ether oxygens (including phenoxy) is 1. The van der Waals surface area contributed by atoms with Gasteiger partial charge in [0.25, 0.3) is 0 Å². The Morgan fingerprint density at radius 2 is 1.13 bits per heavy atom. The van der Waals surface area contributed by atoms with Gasteiger partial charge in [0, 0.05) is 0 Å². The fraction of sp³-hybridized carbons (Fsp3) is 0.875. The highest BCUT2D eigenvalue weighted by atomic mass is 16.5. The van der Waals surface area contributed by atoms with Crippen molar-refractivity contribution in [3.05, 3.63) is 0 Å². The Morgan fingerprint density at radius 1 is 0.710 bits per heavy atom. The summed E-state index contributed by atoms with van der Waals surface area (Å²) in [5.41, 5.74) is -2.65. The second-order valence-corrected chi connectivity index (χ2v) is 8.66. The molecule has 0 aliphatic rings. The van der Waals surface area contributed by atoms with Gasteiger partial charge in [0.2, 0.25) is 0 Å². The van der Waals surface area contributed by atoms with Crippen LogP contribution < -0.4 is 0 Å². The summed E-state index contributed by atoms with van der Waals surface area (Å²) in [6.07, 6.45) is 13.9. The third-order valence-corrected chi connectivity index (χ3v) is 5.59. The van der Waals surface area contributed by atoms with Crippen LogP contribution in [0.4, 0.5) is 0 Å². The van der Waals surface area contributed by atoms with Gasteiger partial charge in [0.1, 0.15) is 6.10 Å². The van der Waals surface area contributed by atoms with Crippen LogP contribution in [0, 0.1) is 0 Å². The Labute approximate surface area is 187 Å². The summed E-state index contributed by atoms with van der Waals surface area (Å²) in [5, 5.41) is 28.1. The first-order chi connectivity index (χ1) is 14.7. The maximum atomic E-state index is 12.3. The zero-order chi connectivity index (χ0) is 23.5. The molecule has 0 rings (SSSR count). The predicted octanol–water partition coefficient (Wildman–Crippen LogP) is 5.47. The van der Waals surface area contributed by atoms with Gasteiger partial charge in [-0.3, -0.25) is 9.59 Å². The highest BCUT2D eigenvalue weighted by Crippen LogP contribution is 2.21. The molecule has 7 nitrogen and oxygen atoms in total. The number of aliphatic carboxylic acids is 2. The topological polar surface area (TPSA) is 121 Å². The summed E-state index contributed by atoms with van der Waals surface area (Å²) >= 11 is 0. The van der Waals surface area contributed by atoms with Gasteiger partial charge in [-0.15, -0.1) is 0 Å². The number of hydrogen-bond acceptors (Lipinski definition) is 5. The second kappa shape index (κ2) is 18.0. The molecule has 0 saturated carbocycles. The minimum atomic E-state index is -2.65. The van der Waals surface area contributed by atoms with Crippen molar-refractivity contribution in [1.29, 1.82) is 0 Å². The molecular weight excluding hydrogens is 400 g/mol. The summed E-state index contributed by atoms with van der Waals surface area (Å²) in [4.78, 5) is 34.4. The Hall–Kier alpha value is -1.63. The molecule has 2 atom stereocenters. The number of hydrogen-bond donors (Lipinski definition) is 3. The van der Waals surface area contributed by atoms with Gasteiger partial charge in [-0.25, -0.2) is 4.79 Å². The van der Waals surface area contributed by atoms with Crippen LogP contribution in [0.1, 0.15) is 123 Å². The molecule has 0 heterocycles. The highest BCUT2D eigenvalue weighted by molar-refractivity contribution is 5.88. The molecular formula is C24H44O7. The van der Waals surface area contributed by atoms with Crippen LogP contribution in [0.3, 0.4) is 0 Å². The summed E-state index contributed by atoms with van der Waals surface area (Å²) in [6, 6.07) is 0. The van der Waals surface area contributed by atoms with E-state index in [-0.39, 0.29) is 6.10 Å². The summed E-state index contributed by atoms with van der Waals surface area (Å²) in [5.74, 6) is -4.07. The molecule has 7 heteroatoms. The molecule has 31 heavy (non-hydrogen) atoms. The molecule has 2 unspecified atom stereocenters. The van der Waals surface area contributed by atoms with Crippen LogP contribution in [0.25, 0.3) is 0 Å². The molecule has 182 valence electrons. The number of carbonyl (C=O) groups excluding carboxylic acids is 1. The molecule has 0 aliphatic carbocycles. The van der Waals surface area contributed by atoms with Crippen molar-refractivity contribution < 1.29 is 34.4 Å². The van der Waals surface area contributed by atoms with E-state index in [1.165, 1.54) is 44.9 Å². The van der Waals surface area contributed by atoms with Gasteiger partial charge in [-0.2, -0.15) is 0 Å². The van der Waals surface area contributed by atoms with E-state index >= 15 is 0 Å². The lowest BCUT2D eigenvalue weighted by Crippen LogP contribution is -2.43. The smallest absolute Gasteiger partial charge is 0.336 e. The minimum absolute atomic E-state index is 0.322. The van der Waals surface area contributed by atoms with Crippen molar-refractivity contribution in [2.75, 3.05) is 0 Å². The number of rotatable bonds is 21. The second-order valence-electron chi connectivity index (χ2n) is 8.66. The van der Waals surface area contributed by atoms with Crippen LogP contribution in [0.2, 0.25) is 0 Å². The fourth-order valence-electron chi connectivity index (χ4n) is 3.67. The lowest BCUT2D eigenvalue weighted by atomic mass is 9.95. The highest BCUT2D eigenvalue weighted by Gasteiger charge is 2.41. The number of carbonyl (C=O) groups is 3. The number of unbranched alkanes of at least 4 members (excludes halogenated alkanes) is 11. The maximum Gasteiger partial charge on any atom is 0.336 e. The Bertz CT molecular complexity index is 506. The minimum Gasteiger partial charge on any atom is -0.481 e. The lowest BCUT2D eigenvalue weighted by Gasteiger charge is -2.23. The molecule has 0 radical (unpaired) electrons. The summed E-state index contributed by atoms with van der Waals surface area (Å²) in [7, 11) is 0. The number of aliphatic hydroxyl groups is 1. The van der Waals surface area contributed by atoms with Crippen molar-refractivity contribution in [2.24, 2.45) is 0 Å². The van der Waals surface area contributed by atoms with Crippen molar-refractivity contribution in [3.8, 4) is 0 Å². The van der Waals surface area contributed by atoms with Gasteiger partial charge in [-0.1, -0.05) is 84.5 Å². The first-order valence-corrected chi connectivity index (χ1v) is 12.1. The van der Waals surface area contributed by atoms with Crippen LogP contribution in [0.5, 0.6) is 0 Å². The first-order valence-electron chi connectivity index (χ1n) is 12.1. The Kier molecular flexibility index (Phi) is 17.0. The monoisotopic (exact) mass is 444 g/mol. The van der Waals surface area contributed by atoms with Crippen molar-refractivity contribution >= 4 is 17.9 Å². The van der Waals surface area contributed by atoms with Gasteiger partial charge in [0.15, 0.2) is 5.60 Å². The van der Waals surface area contributed by atoms with Gasteiger partial charge < -0.3 is 20.1 Å². The molecule has 0 fully saturated rings. The predicted molar refractivity (Wildman–Crippen MR) is 120 cm³/mol. The van der Waals surface area contributed by atoms with Gasteiger partial charge in [-0.05, 0) is 25.7 Å². The molecule has 0 saturated heterocycles. The zero-order valence-corrected chi connectivity index (χ0v) is 19.6. The lowest BCUT2D eigenvalue weighted by molar-refractivity contribution is -0.173. The first kappa shape index (κ1) is 29.4. The molecule has 0 aromatic rings. The SMILES string of the molecule is CCCCCCCCCC(CCCCCCCC)OC(=O)CC(O)(CC(=O)O)C(=O)O. The maximum absolute atomic E-state index is 12.3. The average molecular weight is 445 g/mol. The van der Waals surface area contributed by atoms with E-state index in [2.05, 4.69) is 13.8 Å². The molecule has 0 aromatic carbocycles. The number of esters is 1. The van der Waals surface area contributed by atoms with Crippen molar-refractivity contribution in [2.45, 2.75) is 135 Å². The van der Waals surface area contributed by atoms with Crippen molar-refractivity contribution in [1.82, 2.24) is 0 Å². The molecule has 0 aromatic heterocycles. The molecule has 3 N–H and O–H groups in total. The van der Waals surface area contributed by atoms with Crippen LogP contribution in [-0.2, 0) is 19.1 Å². The average Bonchev–Trinajstić information content (AvgIpc) is 2.68. The van der Waals surface area contributed by atoms with Gasteiger partial charge >= 0.3 is 17.9 Å². The van der Waals surface area contributed by atoms with E-state index < -0.39 is 36.4 Å². The molecule has 0 bridgehead atoms. The quantitative estimate of drug-likeness (QED) is 0.158. The number of carboxylic acids is 2. The van der Waals surface area contributed by atoms with E-state index in [0.29, 0.717) is 12.8 Å². The van der Waals surface area contributed by atoms with E-state index in [1.807, 2.05) is 0 Å². The van der Waals surface area contributed by atoms with E-state index in [1.54, 1.807) is 0 Å². The largest absolute Gasteiger partial charge is 0.481 e. The Balaban J connectivity index is 4.61. The van der Waals surface area contributed by atoms with Crippen LogP contribution in [0.15, 0.2) is 0 Å². The van der Waals surface area contributed by atoms with Gasteiger partial charge in [0.05, 0.1) is 12.8 Å². The van der Waals surface area contributed by atoms with E-state index in [0.717, 1.165) is 38.5 Å².